The molecule has 0 atom stereocenters. The van der Waals surface area contributed by atoms with Crippen molar-refractivity contribution >= 4 is 23.2 Å². The number of aromatic nitrogens is 6. The Morgan fingerprint density at radius 1 is 0.455 bits per heavy atom. The number of nitrogens with zero attached hydrogens (tertiary/aromatic N) is 6. The fraction of sp³-hybridized carbons (Fsp3) is 0.0588. The highest BCUT2D eigenvalue weighted by Crippen LogP contribution is 2.29. The number of ether oxygens (including phenoxy) is 2. The van der Waals surface area contributed by atoms with Gasteiger partial charge in [-0.15, -0.1) is 20.4 Å². The van der Waals surface area contributed by atoms with Gasteiger partial charge in [0.1, 0.15) is 0 Å². The quantitative estimate of drug-likeness (QED) is 0.162. The zero-order valence-electron chi connectivity index (χ0n) is 23.1. The minimum Gasteiger partial charge on any atom is -0.463 e. The summed E-state index contributed by atoms with van der Waals surface area (Å²) >= 11 is 12.1. The molecule has 0 aliphatic rings. The third kappa shape index (κ3) is 6.98. The molecule has 6 rings (SSSR count). The van der Waals surface area contributed by atoms with Crippen LogP contribution in [0.1, 0.15) is 0 Å². The predicted octanol–water partition coefficient (Wildman–Crippen LogP) is 7.49. The molecule has 4 aromatic carbocycles. The normalized spacial score (nSPS) is 10.5. The fourth-order valence-corrected chi connectivity index (χ4v) is 4.38. The summed E-state index contributed by atoms with van der Waals surface area (Å²) in [6.45, 7) is 0.0943. The Kier molecular flexibility index (Phi) is 8.98. The first-order valence-electron chi connectivity index (χ1n) is 13.5. The molecule has 6 aromatic rings. The van der Waals surface area contributed by atoms with Gasteiger partial charge in [-0.1, -0.05) is 95.7 Å². The second-order valence-electron chi connectivity index (χ2n) is 9.26. The molecule has 0 aliphatic heterocycles. The maximum absolute atomic E-state index is 6.04. The Labute approximate surface area is 263 Å². The van der Waals surface area contributed by atoms with Crippen LogP contribution in [0.15, 0.2) is 109 Å². The topological polar surface area (TPSA) is 95.8 Å². The Morgan fingerprint density at radius 2 is 0.841 bits per heavy atom. The van der Waals surface area contributed by atoms with Crippen molar-refractivity contribution < 1.29 is 9.47 Å². The lowest BCUT2D eigenvalue weighted by atomic mass is 10.1. The molecule has 8 nitrogen and oxygen atoms in total. The van der Waals surface area contributed by atoms with Crippen molar-refractivity contribution in [3.05, 3.63) is 119 Å². The molecule has 214 valence electrons. The van der Waals surface area contributed by atoms with E-state index in [4.69, 9.17) is 32.7 Å². The van der Waals surface area contributed by atoms with Crippen molar-refractivity contribution in [2.45, 2.75) is 0 Å². The molecule has 0 spiro atoms. The van der Waals surface area contributed by atoms with Gasteiger partial charge in [0.2, 0.25) is 11.8 Å². The molecule has 0 N–H and O–H groups in total. The van der Waals surface area contributed by atoms with E-state index < -0.39 is 0 Å². The fourth-order valence-electron chi connectivity index (χ4n) is 4.13. The summed E-state index contributed by atoms with van der Waals surface area (Å²) in [6.07, 6.45) is 0. The van der Waals surface area contributed by atoms with Crippen LogP contribution in [0.3, 0.4) is 0 Å². The molecular weight excluding hydrogens is 595 g/mol. The zero-order valence-corrected chi connectivity index (χ0v) is 24.6. The Morgan fingerprint density at radius 3 is 1.23 bits per heavy atom. The van der Waals surface area contributed by atoms with E-state index in [-0.39, 0.29) is 13.2 Å². The molecule has 0 amide bonds. The number of halogens is 2. The van der Waals surface area contributed by atoms with Gasteiger partial charge in [-0.3, -0.25) is 0 Å². The van der Waals surface area contributed by atoms with E-state index in [2.05, 4.69) is 42.2 Å². The van der Waals surface area contributed by atoms with E-state index in [1.807, 2.05) is 84.9 Å². The molecule has 0 unspecified atom stereocenters. The minimum atomic E-state index is 0.0472. The van der Waals surface area contributed by atoms with Crippen LogP contribution in [-0.2, 0) is 0 Å². The van der Waals surface area contributed by atoms with E-state index in [1.54, 1.807) is 24.3 Å². The van der Waals surface area contributed by atoms with E-state index >= 15 is 0 Å². The summed E-state index contributed by atoms with van der Waals surface area (Å²) in [6, 6.07) is 33.5. The van der Waals surface area contributed by atoms with Crippen LogP contribution in [0, 0.1) is 11.8 Å². The van der Waals surface area contributed by atoms with Gasteiger partial charge in [-0.25, -0.2) is 0 Å². The lowest BCUT2D eigenvalue weighted by Gasteiger charge is -2.10. The maximum atomic E-state index is 6.04. The maximum Gasteiger partial charge on any atom is 0.245 e. The van der Waals surface area contributed by atoms with Crippen molar-refractivity contribution in [2.24, 2.45) is 0 Å². The zero-order chi connectivity index (χ0) is 30.1. The van der Waals surface area contributed by atoms with Gasteiger partial charge in [0.25, 0.3) is 0 Å². The second kappa shape index (κ2) is 13.7. The summed E-state index contributed by atoms with van der Waals surface area (Å²) in [5.41, 5.74) is 4.18. The molecule has 0 saturated heterocycles. The lowest BCUT2D eigenvalue weighted by Crippen LogP contribution is -2.05. The van der Waals surface area contributed by atoms with Crippen molar-refractivity contribution in [3.63, 3.8) is 0 Å². The molecule has 0 saturated carbocycles. The van der Waals surface area contributed by atoms with Crippen LogP contribution in [0.4, 0.5) is 0 Å². The Bertz CT molecular complexity index is 1790. The predicted molar refractivity (Wildman–Crippen MR) is 170 cm³/mol. The number of benzene rings is 4. The van der Waals surface area contributed by atoms with Crippen molar-refractivity contribution in [2.75, 3.05) is 13.2 Å². The first-order valence-corrected chi connectivity index (χ1v) is 14.2. The average molecular weight is 617 g/mol. The van der Waals surface area contributed by atoms with Crippen LogP contribution in [-0.4, -0.2) is 43.6 Å². The van der Waals surface area contributed by atoms with E-state index in [1.165, 1.54) is 0 Å². The highest BCUT2D eigenvalue weighted by molar-refractivity contribution is 6.30. The number of hydrogen-bond donors (Lipinski definition) is 0. The molecule has 2 heterocycles. The molecule has 44 heavy (non-hydrogen) atoms. The average Bonchev–Trinajstić information content (AvgIpc) is 3.07. The van der Waals surface area contributed by atoms with E-state index in [9.17, 15) is 0 Å². The smallest absolute Gasteiger partial charge is 0.245 e. The van der Waals surface area contributed by atoms with Crippen LogP contribution < -0.4 is 9.47 Å². The molecule has 0 aliphatic carbocycles. The number of rotatable bonds is 8. The van der Waals surface area contributed by atoms with Gasteiger partial charge in [0.15, 0.2) is 36.3 Å². The molecule has 0 radical (unpaired) electrons. The van der Waals surface area contributed by atoms with Crippen LogP contribution in [0.25, 0.3) is 45.3 Å². The highest BCUT2D eigenvalue weighted by Gasteiger charge is 2.15. The van der Waals surface area contributed by atoms with Crippen LogP contribution in [0.5, 0.6) is 11.8 Å². The Hall–Kier alpha value is -5.36. The van der Waals surface area contributed by atoms with Gasteiger partial charge >= 0.3 is 0 Å². The third-order valence-electron chi connectivity index (χ3n) is 6.30. The van der Waals surface area contributed by atoms with Gasteiger partial charge < -0.3 is 9.47 Å². The van der Waals surface area contributed by atoms with E-state index in [0.29, 0.717) is 44.8 Å². The SMILES string of the molecule is Clc1ccc(-c2nnc(-c3ccccc3)c(OCC#CCOc3nc(-c4ccc(Cl)cc4)nnc3-c3ccccc3)n2)cc1. The first-order chi connectivity index (χ1) is 21.6. The van der Waals surface area contributed by atoms with Crippen molar-refractivity contribution in [1.82, 2.24) is 30.4 Å². The van der Waals surface area contributed by atoms with Crippen molar-refractivity contribution in [1.29, 1.82) is 0 Å². The van der Waals surface area contributed by atoms with Crippen LogP contribution >= 0.6 is 23.2 Å². The van der Waals surface area contributed by atoms with Gasteiger partial charge in [-0.05, 0) is 48.5 Å². The molecular formula is C34H22Cl2N6O2. The minimum absolute atomic E-state index is 0.0472. The third-order valence-corrected chi connectivity index (χ3v) is 6.80. The molecule has 0 bridgehead atoms. The Balaban J connectivity index is 1.20. The standard InChI is InChI=1S/C34H22Cl2N6O2/c35-27-17-13-25(14-18-27)31-37-33(29(39-41-31)23-9-3-1-4-10-23)43-21-7-8-22-44-34-30(24-11-5-2-6-12-24)40-42-32(38-34)26-15-19-28(36)20-16-26/h1-6,9-20H,21-22H2. The van der Waals surface area contributed by atoms with Gasteiger partial charge in [-0.2, -0.15) is 9.97 Å². The second-order valence-corrected chi connectivity index (χ2v) is 10.1. The summed E-state index contributed by atoms with van der Waals surface area (Å²) in [4.78, 5) is 9.26. The van der Waals surface area contributed by atoms with Gasteiger partial charge in [0.05, 0.1) is 0 Å². The molecule has 10 heteroatoms. The summed E-state index contributed by atoms with van der Waals surface area (Å²) < 4.78 is 12.0. The highest BCUT2D eigenvalue weighted by atomic mass is 35.5. The summed E-state index contributed by atoms with van der Waals surface area (Å²) in [5.74, 6) is 7.40. The van der Waals surface area contributed by atoms with Crippen LogP contribution in [0.2, 0.25) is 10.0 Å². The molecule has 0 fully saturated rings. The summed E-state index contributed by atoms with van der Waals surface area (Å²) in [5, 5.41) is 18.7. The lowest BCUT2D eigenvalue weighted by molar-refractivity contribution is 0.347. The van der Waals surface area contributed by atoms with E-state index in [0.717, 1.165) is 22.3 Å². The number of hydrogen-bond acceptors (Lipinski definition) is 8. The first kappa shape index (κ1) is 28.7. The monoisotopic (exact) mass is 616 g/mol. The summed E-state index contributed by atoms with van der Waals surface area (Å²) in [7, 11) is 0. The molecule has 2 aromatic heterocycles. The largest absolute Gasteiger partial charge is 0.463 e. The van der Waals surface area contributed by atoms with Gasteiger partial charge in [0, 0.05) is 32.3 Å². The van der Waals surface area contributed by atoms with Crippen molar-refractivity contribution in [3.8, 4) is 68.9 Å².